The van der Waals surface area contributed by atoms with Crippen LogP contribution in [0.4, 0.5) is 11.4 Å². The molecule has 0 saturated carbocycles. The van der Waals surface area contributed by atoms with Gasteiger partial charge in [0, 0.05) is 24.6 Å². The number of pyridine rings is 1. The Balaban J connectivity index is 1.90. The number of amides is 1. The molecule has 94 valence electrons. The lowest BCUT2D eigenvalue weighted by molar-refractivity contribution is 0.0995. The highest BCUT2D eigenvalue weighted by atomic mass is 16.1. The first-order chi connectivity index (χ1) is 8.65. The minimum atomic E-state index is -0.543. The summed E-state index contributed by atoms with van der Waals surface area (Å²) in [7, 11) is 0. The summed E-state index contributed by atoms with van der Waals surface area (Å²) in [6.45, 7) is 1.33. The molecule has 0 saturated heterocycles. The van der Waals surface area contributed by atoms with Gasteiger partial charge in [0.1, 0.15) is 5.69 Å². The van der Waals surface area contributed by atoms with Crippen molar-refractivity contribution in [3.63, 3.8) is 0 Å². The summed E-state index contributed by atoms with van der Waals surface area (Å²) in [5.74, 6) is -0.543. The lowest BCUT2D eigenvalue weighted by atomic mass is 10.3. The van der Waals surface area contributed by atoms with Crippen molar-refractivity contribution in [3.8, 4) is 0 Å². The number of nitrogens with one attached hydrogen (secondary N) is 1. The number of carbonyl (C=O) groups is 1. The summed E-state index contributed by atoms with van der Waals surface area (Å²) in [6.07, 6.45) is 4.88. The molecule has 0 fully saturated rings. The van der Waals surface area contributed by atoms with Crippen LogP contribution in [0, 0.1) is 0 Å². The Morgan fingerprint density at radius 1 is 1.50 bits per heavy atom. The zero-order valence-corrected chi connectivity index (χ0v) is 9.71. The van der Waals surface area contributed by atoms with Crippen molar-refractivity contribution < 1.29 is 4.79 Å². The maximum absolute atomic E-state index is 11.0. The summed E-state index contributed by atoms with van der Waals surface area (Å²) in [5, 5.41) is 7.21. The highest BCUT2D eigenvalue weighted by Crippen LogP contribution is 2.07. The molecule has 2 rings (SSSR count). The third-order valence-corrected chi connectivity index (χ3v) is 2.34. The topological polar surface area (TPSA) is 112 Å². The standard InChI is InChI=1S/C11H14N6O/c12-8-6-16-17(7-8)4-3-14-9-1-2-15-10(5-9)11(13)18/h1-2,5-7H,3-4,12H2,(H2,13,18)(H,14,15). The fraction of sp³-hybridized carbons (Fsp3) is 0.182. The molecule has 2 heterocycles. The highest BCUT2D eigenvalue weighted by Gasteiger charge is 2.02. The lowest BCUT2D eigenvalue weighted by Gasteiger charge is -2.06. The minimum absolute atomic E-state index is 0.239. The number of aromatic nitrogens is 3. The number of anilines is 2. The molecule has 18 heavy (non-hydrogen) atoms. The first-order valence-electron chi connectivity index (χ1n) is 5.43. The maximum Gasteiger partial charge on any atom is 0.267 e. The van der Waals surface area contributed by atoms with Crippen LogP contribution in [0.2, 0.25) is 0 Å². The smallest absolute Gasteiger partial charge is 0.267 e. The van der Waals surface area contributed by atoms with Crippen molar-refractivity contribution in [2.24, 2.45) is 5.73 Å². The average molecular weight is 246 g/mol. The monoisotopic (exact) mass is 246 g/mol. The third kappa shape index (κ3) is 2.97. The summed E-state index contributed by atoms with van der Waals surface area (Å²) in [6, 6.07) is 3.38. The fourth-order valence-electron chi connectivity index (χ4n) is 1.49. The molecule has 0 bridgehead atoms. The van der Waals surface area contributed by atoms with Gasteiger partial charge in [0.25, 0.3) is 5.91 Å². The predicted molar refractivity (Wildman–Crippen MR) is 67.9 cm³/mol. The van der Waals surface area contributed by atoms with Crippen LogP contribution >= 0.6 is 0 Å². The molecule has 0 aliphatic heterocycles. The van der Waals surface area contributed by atoms with E-state index in [1.165, 1.54) is 6.20 Å². The minimum Gasteiger partial charge on any atom is -0.396 e. The second kappa shape index (κ2) is 5.17. The van der Waals surface area contributed by atoms with Crippen molar-refractivity contribution >= 4 is 17.3 Å². The van der Waals surface area contributed by atoms with Gasteiger partial charge in [-0.3, -0.25) is 14.5 Å². The molecule has 0 aliphatic carbocycles. The van der Waals surface area contributed by atoms with Crippen LogP contribution in [0.1, 0.15) is 10.5 Å². The summed E-state index contributed by atoms with van der Waals surface area (Å²) in [4.78, 5) is 14.8. The van der Waals surface area contributed by atoms with E-state index < -0.39 is 5.91 Å². The Bertz CT molecular complexity index is 550. The second-order valence-corrected chi connectivity index (χ2v) is 3.76. The Kier molecular flexibility index (Phi) is 3.42. The number of carbonyl (C=O) groups excluding carboxylic acids is 1. The van der Waals surface area contributed by atoms with Crippen LogP contribution in [0.3, 0.4) is 0 Å². The van der Waals surface area contributed by atoms with Crippen LogP contribution in [0.5, 0.6) is 0 Å². The molecule has 0 unspecified atom stereocenters. The number of rotatable bonds is 5. The first kappa shape index (κ1) is 11.9. The van der Waals surface area contributed by atoms with Gasteiger partial charge in [0.2, 0.25) is 0 Å². The summed E-state index contributed by atoms with van der Waals surface area (Å²) < 4.78 is 1.73. The van der Waals surface area contributed by atoms with Crippen LogP contribution in [0.25, 0.3) is 0 Å². The number of hydrogen-bond acceptors (Lipinski definition) is 5. The molecular weight excluding hydrogens is 232 g/mol. The Hall–Kier alpha value is -2.57. The van der Waals surface area contributed by atoms with E-state index in [4.69, 9.17) is 11.5 Å². The van der Waals surface area contributed by atoms with Gasteiger partial charge in [-0.2, -0.15) is 5.10 Å². The Labute approximate surface area is 104 Å². The van der Waals surface area contributed by atoms with E-state index in [0.717, 1.165) is 5.69 Å². The molecule has 0 aliphatic rings. The number of primary amides is 1. The van der Waals surface area contributed by atoms with E-state index in [9.17, 15) is 4.79 Å². The van der Waals surface area contributed by atoms with Gasteiger partial charge < -0.3 is 16.8 Å². The highest BCUT2D eigenvalue weighted by molar-refractivity contribution is 5.91. The van der Waals surface area contributed by atoms with Crippen LogP contribution < -0.4 is 16.8 Å². The van der Waals surface area contributed by atoms with Gasteiger partial charge in [-0.25, -0.2) is 0 Å². The third-order valence-electron chi connectivity index (χ3n) is 2.34. The number of hydrogen-bond donors (Lipinski definition) is 3. The second-order valence-electron chi connectivity index (χ2n) is 3.76. The zero-order valence-electron chi connectivity index (χ0n) is 9.71. The van der Waals surface area contributed by atoms with E-state index >= 15 is 0 Å². The van der Waals surface area contributed by atoms with Crippen molar-refractivity contribution in [1.29, 1.82) is 0 Å². The van der Waals surface area contributed by atoms with Crippen LogP contribution in [0.15, 0.2) is 30.7 Å². The van der Waals surface area contributed by atoms with Gasteiger partial charge in [-0.15, -0.1) is 0 Å². The zero-order chi connectivity index (χ0) is 13.0. The molecule has 7 nitrogen and oxygen atoms in total. The van der Waals surface area contributed by atoms with E-state index in [2.05, 4.69) is 15.4 Å². The number of nitrogen functional groups attached to an aromatic ring is 1. The van der Waals surface area contributed by atoms with Gasteiger partial charge in [-0.1, -0.05) is 0 Å². The van der Waals surface area contributed by atoms with Gasteiger partial charge in [0.05, 0.1) is 18.4 Å². The van der Waals surface area contributed by atoms with Crippen molar-refractivity contribution in [3.05, 3.63) is 36.4 Å². The van der Waals surface area contributed by atoms with Crippen molar-refractivity contribution in [2.75, 3.05) is 17.6 Å². The number of nitrogens with two attached hydrogens (primary N) is 2. The van der Waals surface area contributed by atoms with E-state index in [0.29, 0.717) is 18.8 Å². The average Bonchev–Trinajstić information content (AvgIpc) is 2.75. The van der Waals surface area contributed by atoms with Crippen molar-refractivity contribution in [1.82, 2.24) is 14.8 Å². The molecule has 0 radical (unpaired) electrons. The van der Waals surface area contributed by atoms with Crippen molar-refractivity contribution in [2.45, 2.75) is 6.54 Å². The molecule has 0 aromatic carbocycles. The fourth-order valence-corrected chi connectivity index (χ4v) is 1.49. The van der Waals surface area contributed by atoms with Crippen LogP contribution in [-0.2, 0) is 6.54 Å². The van der Waals surface area contributed by atoms with Gasteiger partial charge in [-0.05, 0) is 12.1 Å². The molecule has 0 atom stereocenters. The van der Waals surface area contributed by atoms with Gasteiger partial charge >= 0.3 is 0 Å². The van der Waals surface area contributed by atoms with Gasteiger partial charge in [0.15, 0.2) is 0 Å². The molecule has 1 amide bonds. The maximum atomic E-state index is 11.0. The molecule has 0 spiro atoms. The molecule has 7 heteroatoms. The molecular formula is C11H14N6O. The quantitative estimate of drug-likeness (QED) is 0.691. The first-order valence-corrected chi connectivity index (χ1v) is 5.43. The van der Waals surface area contributed by atoms with Crippen LogP contribution in [-0.4, -0.2) is 27.2 Å². The van der Waals surface area contributed by atoms with E-state index in [-0.39, 0.29) is 5.69 Å². The molecule has 5 N–H and O–H groups in total. The normalized spacial score (nSPS) is 10.2. The summed E-state index contributed by atoms with van der Waals surface area (Å²) in [5.41, 5.74) is 12.4. The molecule has 2 aromatic rings. The Morgan fingerprint density at radius 3 is 3.00 bits per heavy atom. The summed E-state index contributed by atoms with van der Waals surface area (Å²) >= 11 is 0. The molecule has 2 aromatic heterocycles. The van der Waals surface area contributed by atoms with E-state index in [1.807, 2.05) is 0 Å². The SMILES string of the molecule is NC(=O)c1cc(NCCn2cc(N)cn2)ccn1. The number of nitrogens with zero attached hydrogens (tertiary/aromatic N) is 3. The van der Waals surface area contributed by atoms with E-state index in [1.54, 1.807) is 29.2 Å². The Morgan fingerprint density at radius 2 is 2.33 bits per heavy atom. The predicted octanol–water partition coefficient (Wildman–Crippen LogP) is 0.0713. The largest absolute Gasteiger partial charge is 0.396 e. The lowest BCUT2D eigenvalue weighted by Crippen LogP contribution is -2.14.